The fraction of sp³-hybridized carbons (Fsp3) is 0.600. The maximum atomic E-state index is 6.15. The molecule has 0 unspecified atom stereocenters. The summed E-state index contributed by atoms with van der Waals surface area (Å²) in [6, 6.07) is 4.40. The molecule has 0 fully saturated rings. The van der Waals surface area contributed by atoms with E-state index in [1.165, 1.54) is 16.7 Å². The third-order valence-electron chi connectivity index (χ3n) is 2.63. The quantitative estimate of drug-likeness (QED) is 0.769. The van der Waals surface area contributed by atoms with Gasteiger partial charge in [-0.05, 0) is 44.0 Å². The first-order chi connectivity index (χ1) is 7.84. The van der Waals surface area contributed by atoms with Crippen molar-refractivity contribution in [1.29, 1.82) is 0 Å². The van der Waals surface area contributed by atoms with Crippen LogP contribution in [0.2, 0.25) is 0 Å². The Morgan fingerprint density at radius 1 is 0.941 bits per heavy atom. The van der Waals surface area contributed by atoms with Crippen molar-refractivity contribution >= 4 is 5.69 Å². The lowest BCUT2D eigenvalue weighted by Crippen LogP contribution is -2.03. The highest BCUT2D eigenvalue weighted by Gasteiger charge is 2.11. The van der Waals surface area contributed by atoms with Crippen LogP contribution in [0.25, 0.3) is 0 Å². The average Bonchev–Trinajstić information content (AvgIpc) is 2.21. The number of benzene rings is 1. The lowest BCUT2D eigenvalue weighted by Gasteiger charge is -2.17. The summed E-state index contributed by atoms with van der Waals surface area (Å²) >= 11 is 0. The van der Waals surface area contributed by atoms with E-state index in [9.17, 15) is 0 Å². The number of nitrogens with one attached hydrogen (secondary N) is 1. The van der Waals surface area contributed by atoms with Gasteiger partial charge in [0.25, 0.3) is 0 Å². The van der Waals surface area contributed by atoms with Crippen molar-refractivity contribution in [3.05, 3.63) is 28.8 Å². The van der Waals surface area contributed by atoms with Gasteiger partial charge < -0.3 is 11.1 Å². The predicted octanol–water partition coefficient (Wildman–Crippen LogP) is 3.66. The van der Waals surface area contributed by atoms with E-state index >= 15 is 0 Å². The molecule has 1 rings (SSSR count). The lowest BCUT2D eigenvalue weighted by molar-refractivity contribution is 0.837. The first-order valence-corrected chi connectivity index (χ1v) is 6.33. The number of nitrogen functional groups attached to an aromatic ring is 1. The molecular formula is C15H28N2. The Morgan fingerprint density at radius 2 is 1.24 bits per heavy atom. The van der Waals surface area contributed by atoms with Crippen LogP contribution in [-0.4, -0.2) is 14.1 Å². The van der Waals surface area contributed by atoms with Crippen LogP contribution in [0.15, 0.2) is 12.1 Å². The molecule has 0 saturated heterocycles. The molecule has 17 heavy (non-hydrogen) atoms. The van der Waals surface area contributed by atoms with Crippen LogP contribution in [0.5, 0.6) is 0 Å². The first-order valence-electron chi connectivity index (χ1n) is 6.33. The lowest BCUT2D eigenvalue weighted by atomic mass is 9.91. The van der Waals surface area contributed by atoms with Gasteiger partial charge in [-0.25, -0.2) is 0 Å². The molecule has 98 valence electrons. The number of aryl methyl sites for hydroxylation is 1. The SMILES string of the molecule is CNC.Cc1cc(C(C)C)c(N)c(C(C)C)c1. The summed E-state index contributed by atoms with van der Waals surface area (Å²) in [4.78, 5) is 0. The number of hydrogen-bond donors (Lipinski definition) is 2. The zero-order chi connectivity index (χ0) is 13.6. The van der Waals surface area contributed by atoms with E-state index in [0.29, 0.717) is 11.8 Å². The Bertz CT molecular complexity index is 312. The minimum absolute atomic E-state index is 0.507. The molecule has 0 aliphatic carbocycles. The van der Waals surface area contributed by atoms with Gasteiger partial charge >= 0.3 is 0 Å². The molecule has 1 aromatic carbocycles. The van der Waals surface area contributed by atoms with E-state index in [1.807, 2.05) is 14.1 Å². The second-order valence-electron chi connectivity index (χ2n) is 5.17. The van der Waals surface area contributed by atoms with Crippen molar-refractivity contribution in [2.45, 2.75) is 46.5 Å². The Balaban J connectivity index is 0.000000770. The molecule has 0 aromatic heterocycles. The van der Waals surface area contributed by atoms with Crippen molar-refractivity contribution < 1.29 is 0 Å². The van der Waals surface area contributed by atoms with Crippen LogP contribution in [0.4, 0.5) is 5.69 Å². The highest BCUT2D eigenvalue weighted by Crippen LogP contribution is 2.31. The zero-order valence-electron chi connectivity index (χ0n) is 12.4. The molecule has 2 heteroatoms. The first kappa shape index (κ1) is 16.0. The van der Waals surface area contributed by atoms with E-state index < -0.39 is 0 Å². The summed E-state index contributed by atoms with van der Waals surface area (Å²) < 4.78 is 0. The predicted molar refractivity (Wildman–Crippen MR) is 78.8 cm³/mol. The van der Waals surface area contributed by atoms with Crippen LogP contribution in [0.1, 0.15) is 56.2 Å². The summed E-state index contributed by atoms with van der Waals surface area (Å²) in [5.74, 6) is 1.01. The molecular weight excluding hydrogens is 208 g/mol. The van der Waals surface area contributed by atoms with Crippen molar-refractivity contribution in [3.63, 3.8) is 0 Å². The average molecular weight is 236 g/mol. The summed E-state index contributed by atoms with van der Waals surface area (Å²) in [6.45, 7) is 10.9. The summed E-state index contributed by atoms with van der Waals surface area (Å²) in [6.07, 6.45) is 0. The number of nitrogens with two attached hydrogens (primary N) is 1. The normalized spacial score (nSPS) is 10.4. The van der Waals surface area contributed by atoms with E-state index in [0.717, 1.165) is 5.69 Å². The molecule has 3 N–H and O–H groups in total. The molecule has 0 radical (unpaired) electrons. The van der Waals surface area contributed by atoms with E-state index in [4.69, 9.17) is 5.73 Å². The highest BCUT2D eigenvalue weighted by molar-refractivity contribution is 5.57. The fourth-order valence-corrected chi connectivity index (χ4v) is 1.81. The molecule has 0 saturated carbocycles. The van der Waals surface area contributed by atoms with Gasteiger partial charge in [-0.15, -0.1) is 0 Å². The Morgan fingerprint density at radius 3 is 1.47 bits per heavy atom. The number of hydrogen-bond acceptors (Lipinski definition) is 2. The maximum Gasteiger partial charge on any atom is 0.0384 e. The smallest absolute Gasteiger partial charge is 0.0384 e. The topological polar surface area (TPSA) is 38.0 Å². The van der Waals surface area contributed by atoms with Crippen LogP contribution >= 0.6 is 0 Å². The van der Waals surface area contributed by atoms with Crippen molar-refractivity contribution in [3.8, 4) is 0 Å². The molecule has 0 spiro atoms. The van der Waals surface area contributed by atoms with Crippen molar-refractivity contribution in [1.82, 2.24) is 5.32 Å². The molecule has 0 aliphatic rings. The number of anilines is 1. The molecule has 0 aliphatic heterocycles. The monoisotopic (exact) mass is 236 g/mol. The minimum atomic E-state index is 0.507. The highest BCUT2D eigenvalue weighted by atomic mass is 14.7. The largest absolute Gasteiger partial charge is 0.398 e. The van der Waals surface area contributed by atoms with Gasteiger partial charge in [0.05, 0.1) is 0 Å². The van der Waals surface area contributed by atoms with Crippen LogP contribution < -0.4 is 11.1 Å². The molecule has 0 bridgehead atoms. The van der Waals surface area contributed by atoms with Crippen molar-refractivity contribution in [2.24, 2.45) is 0 Å². The van der Waals surface area contributed by atoms with Gasteiger partial charge in [0.2, 0.25) is 0 Å². The third-order valence-corrected chi connectivity index (χ3v) is 2.63. The van der Waals surface area contributed by atoms with Crippen molar-refractivity contribution in [2.75, 3.05) is 19.8 Å². The zero-order valence-corrected chi connectivity index (χ0v) is 12.4. The standard InChI is InChI=1S/C13H21N.C2H7N/c1-8(2)11-6-10(5)7-12(9(3)4)13(11)14;1-3-2/h6-9H,14H2,1-5H3;3H,1-2H3. The Kier molecular flexibility index (Phi) is 6.89. The van der Waals surface area contributed by atoms with Gasteiger partial charge in [0, 0.05) is 5.69 Å². The van der Waals surface area contributed by atoms with Gasteiger partial charge in [0.15, 0.2) is 0 Å². The van der Waals surface area contributed by atoms with Crippen LogP contribution in [0.3, 0.4) is 0 Å². The van der Waals surface area contributed by atoms with Crippen LogP contribution in [-0.2, 0) is 0 Å². The fourth-order valence-electron chi connectivity index (χ4n) is 1.81. The molecule has 0 atom stereocenters. The number of rotatable bonds is 2. The van der Waals surface area contributed by atoms with Gasteiger partial charge in [0.1, 0.15) is 0 Å². The van der Waals surface area contributed by atoms with Gasteiger partial charge in [-0.2, -0.15) is 0 Å². The summed E-state index contributed by atoms with van der Waals surface area (Å²) in [7, 11) is 3.75. The van der Waals surface area contributed by atoms with Gasteiger partial charge in [-0.1, -0.05) is 45.4 Å². The van der Waals surface area contributed by atoms with Crippen LogP contribution in [0, 0.1) is 6.92 Å². The Hall–Kier alpha value is -1.02. The molecule has 2 nitrogen and oxygen atoms in total. The second-order valence-corrected chi connectivity index (χ2v) is 5.17. The van der Waals surface area contributed by atoms with E-state index in [2.05, 4.69) is 52.1 Å². The molecule has 1 aromatic rings. The minimum Gasteiger partial charge on any atom is -0.398 e. The molecule has 0 amide bonds. The second kappa shape index (κ2) is 7.33. The Labute approximate surface area is 107 Å². The van der Waals surface area contributed by atoms with Gasteiger partial charge in [-0.3, -0.25) is 0 Å². The van der Waals surface area contributed by atoms with E-state index in [-0.39, 0.29) is 0 Å². The summed E-state index contributed by atoms with van der Waals surface area (Å²) in [5, 5.41) is 2.75. The van der Waals surface area contributed by atoms with E-state index in [1.54, 1.807) is 0 Å². The summed E-state index contributed by atoms with van der Waals surface area (Å²) in [5.41, 5.74) is 11.0. The maximum absolute atomic E-state index is 6.15. The molecule has 0 heterocycles. The third kappa shape index (κ3) is 4.78.